The van der Waals surface area contributed by atoms with E-state index in [-0.39, 0.29) is 0 Å². The minimum absolute atomic E-state index is 0.367. The molecule has 84 valence electrons. The summed E-state index contributed by atoms with van der Waals surface area (Å²) in [5.41, 5.74) is 0. The predicted molar refractivity (Wildman–Crippen MR) is 54.5 cm³/mol. The molecule has 5 heteroatoms. The largest absolute Gasteiger partial charge is 0.490 e. The van der Waals surface area contributed by atoms with Crippen molar-refractivity contribution in [3.05, 3.63) is 18.3 Å². The van der Waals surface area contributed by atoms with E-state index in [0.29, 0.717) is 18.2 Å². The Morgan fingerprint density at radius 1 is 1.53 bits per heavy atom. The normalized spacial score (nSPS) is 10.4. The van der Waals surface area contributed by atoms with Gasteiger partial charge in [-0.1, -0.05) is 6.92 Å². The van der Waals surface area contributed by atoms with E-state index in [2.05, 4.69) is 10.3 Å². The first kappa shape index (κ1) is 11.7. The van der Waals surface area contributed by atoms with Crippen molar-refractivity contribution in [2.24, 2.45) is 0 Å². The number of rotatable bonds is 6. The number of alkyl halides is 2. The molecule has 0 amide bonds. The SMILES string of the molecule is CCCOc1cccnc1NCC(F)F. The first-order valence-electron chi connectivity index (χ1n) is 4.84. The molecule has 0 fully saturated rings. The molecule has 1 heterocycles. The number of pyridine rings is 1. The molecule has 0 unspecified atom stereocenters. The molecule has 0 spiro atoms. The van der Waals surface area contributed by atoms with Gasteiger partial charge in [-0.15, -0.1) is 0 Å². The highest BCUT2D eigenvalue weighted by molar-refractivity contribution is 5.49. The summed E-state index contributed by atoms with van der Waals surface area (Å²) in [6.45, 7) is 2.11. The summed E-state index contributed by atoms with van der Waals surface area (Å²) in [5, 5.41) is 2.54. The highest BCUT2D eigenvalue weighted by atomic mass is 19.3. The minimum atomic E-state index is -2.40. The summed E-state index contributed by atoms with van der Waals surface area (Å²) < 4.78 is 29.3. The second-order valence-corrected chi connectivity index (χ2v) is 2.97. The van der Waals surface area contributed by atoms with Gasteiger partial charge in [0.15, 0.2) is 11.6 Å². The molecule has 1 rings (SSSR count). The molecule has 3 nitrogen and oxygen atoms in total. The highest BCUT2D eigenvalue weighted by Gasteiger charge is 2.07. The third kappa shape index (κ3) is 4.10. The summed E-state index contributed by atoms with van der Waals surface area (Å²) in [6.07, 6.45) is 0.00141. The Morgan fingerprint density at radius 2 is 2.33 bits per heavy atom. The van der Waals surface area contributed by atoms with Crippen molar-refractivity contribution in [2.75, 3.05) is 18.5 Å². The van der Waals surface area contributed by atoms with E-state index < -0.39 is 13.0 Å². The van der Waals surface area contributed by atoms with Crippen LogP contribution in [0.5, 0.6) is 5.75 Å². The second-order valence-electron chi connectivity index (χ2n) is 2.97. The van der Waals surface area contributed by atoms with Crippen LogP contribution in [-0.2, 0) is 0 Å². The van der Waals surface area contributed by atoms with Crippen LogP contribution in [0.25, 0.3) is 0 Å². The van der Waals surface area contributed by atoms with Crippen molar-refractivity contribution >= 4 is 5.82 Å². The van der Waals surface area contributed by atoms with Crippen LogP contribution in [0.3, 0.4) is 0 Å². The average molecular weight is 216 g/mol. The van der Waals surface area contributed by atoms with Gasteiger partial charge in [0, 0.05) is 6.20 Å². The molecule has 0 aromatic carbocycles. The molecule has 1 aromatic rings. The van der Waals surface area contributed by atoms with Gasteiger partial charge in [-0.25, -0.2) is 13.8 Å². The molecular weight excluding hydrogens is 202 g/mol. The maximum Gasteiger partial charge on any atom is 0.255 e. The predicted octanol–water partition coefficient (Wildman–Crippen LogP) is 2.55. The number of nitrogens with zero attached hydrogens (tertiary/aromatic N) is 1. The van der Waals surface area contributed by atoms with Crippen LogP contribution in [0.15, 0.2) is 18.3 Å². The first-order chi connectivity index (χ1) is 7.24. The summed E-state index contributed by atoms with van der Waals surface area (Å²) in [6, 6.07) is 3.41. The van der Waals surface area contributed by atoms with Crippen molar-refractivity contribution in [1.29, 1.82) is 0 Å². The van der Waals surface area contributed by atoms with Crippen LogP contribution in [-0.4, -0.2) is 24.6 Å². The van der Waals surface area contributed by atoms with E-state index >= 15 is 0 Å². The quantitative estimate of drug-likeness (QED) is 0.793. The van der Waals surface area contributed by atoms with Gasteiger partial charge in [-0.3, -0.25) is 0 Å². The Hall–Kier alpha value is -1.39. The van der Waals surface area contributed by atoms with Crippen molar-refractivity contribution in [1.82, 2.24) is 4.98 Å². The lowest BCUT2D eigenvalue weighted by Gasteiger charge is -2.10. The lowest BCUT2D eigenvalue weighted by Crippen LogP contribution is -2.12. The van der Waals surface area contributed by atoms with Crippen LogP contribution in [0.4, 0.5) is 14.6 Å². The molecule has 1 aromatic heterocycles. The molecule has 0 saturated carbocycles. The van der Waals surface area contributed by atoms with Crippen molar-refractivity contribution in [3.8, 4) is 5.75 Å². The highest BCUT2D eigenvalue weighted by Crippen LogP contribution is 2.20. The molecule has 0 saturated heterocycles. The van der Waals surface area contributed by atoms with Gasteiger partial charge >= 0.3 is 0 Å². The number of hydrogen-bond donors (Lipinski definition) is 1. The fourth-order valence-corrected chi connectivity index (χ4v) is 1.03. The summed E-state index contributed by atoms with van der Waals surface area (Å²) in [7, 11) is 0. The second kappa shape index (κ2) is 6.16. The van der Waals surface area contributed by atoms with Gasteiger partial charge in [-0.05, 0) is 18.6 Å². The number of anilines is 1. The Morgan fingerprint density at radius 3 is 3.00 bits per heavy atom. The van der Waals surface area contributed by atoms with Crippen LogP contribution < -0.4 is 10.1 Å². The summed E-state index contributed by atoms with van der Waals surface area (Å²) >= 11 is 0. The number of nitrogens with one attached hydrogen (secondary N) is 1. The topological polar surface area (TPSA) is 34.1 Å². The molecule has 0 aliphatic carbocycles. The van der Waals surface area contributed by atoms with Crippen LogP contribution >= 0.6 is 0 Å². The lowest BCUT2D eigenvalue weighted by atomic mass is 10.4. The van der Waals surface area contributed by atoms with Gasteiger partial charge in [0.05, 0.1) is 13.2 Å². The number of hydrogen-bond acceptors (Lipinski definition) is 3. The zero-order chi connectivity index (χ0) is 11.1. The zero-order valence-electron chi connectivity index (χ0n) is 8.54. The van der Waals surface area contributed by atoms with Gasteiger partial charge in [0.1, 0.15) is 0 Å². The first-order valence-corrected chi connectivity index (χ1v) is 4.84. The average Bonchev–Trinajstić information content (AvgIpc) is 2.24. The van der Waals surface area contributed by atoms with Gasteiger partial charge in [-0.2, -0.15) is 0 Å². The summed E-state index contributed by atoms with van der Waals surface area (Å²) in [5.74, 6) is 0.881. The minimum Gasteiger partial charge on any atom is -0.490 e. The zero-order valence-corrected chi connectivity index (χ0v) is 8.54. The Bertz CT molecular complexity index is 295. The molecule has 15 heavy (non-hydrogen) atoms. The summed E-state index contributed by atoms with van der Waals surface area (Å²) in [4.78, 5) is 3.93. The lowest BCUT2D eigenvalue weighted by molar-refractivity contribution is 0.163. The Balaban J connectivity index is 2.59. The van der Waals surface area contributed by atoms with Crippen molar-refractivity contribution < 1.29 is 13.5 Å². The molecule has 0 aliphatic heterocycles. The van der Waals surface area contributed by atoms with Gasteiger partial charge in [0.25, 0.3) is 6.43 Å². The molecule has 1 N–H and O–H groups in total. The van der Waals surface area contributed by atoms with Crippen LogP contribution in [0.1, 0.15) is 13.3 Å². The standard InChI is InChI=1S/C10H14F2N2O/c1-2-6-15-8-4-3-5-13-10(8)14-7-9(11)12/h3-5,9H,2,6-7H2,1H3,(H,13,14). The van der Waals surface area contributed by atoms with E-state index in [9.17, 15) is 8.78 Å². The number of ether oxygens (including phenoxy) is 1. The van der Waals surface area contributed by atoms with E-state index in [1.165, 1.54) is 6.20 Å². The Labute approximate surface area is 87.5 Å². The smallest absolute Gasteiger partial charge is 0.255 e. The van der Waals surface area contributed by atoms with E-state index in [1.807, 2.05) is 6.92 Å². The third-order valence-electron chi connectivity index (χ3n) is 1.66. The van der Waals surface area contributed by atoms with E-state index in [0.717, 1.165) is 6.42 Å². The van der Waals surface area contributed by atoms with Gasteiger partial charge < -0.3 is 10.1 Å². The third-order valence-corrected chi connectivity index (χ3v) is 1.66. The fourth-order valence-electron chi connectivity index (χ4n) is 1.03. The van der Waals surface area contributed by atoms with Crippen molar-refractivity contribution in [3.63, 3.8) is 0 Å². The maximum atomic E-state index is 12.0. The monoisotopic (exact) mass is 216 g/mol. The van der Waals surface area contributed by atoms with Gasteiger partial charge in [0.2, 0.25) is 0 Å². The maximum absolute atomic E-state index is 12.0. The number of halogens is 2. The molecule has 0 bridgehead atoms. The van der Waals surface area contributed by atoms with Crippen LogP contribution in [0.2, 0.25) is 0 Å². The van der Waals surface area contributed by atoms with Crippen molar-refractivity contribution in [2.45, 2.75) is 19.8 Å². The number of aromatic nitrogens is 1. The van der Waals surface area contributed by atoms with E-state index in [1.54, 1.807) is 12.1 Å². The van der Waals surface area contributed by atoms with E-state index in [4.69, 9.17) is 4.74 Å². The fraction of sp³-hybridized carbons (Fsp3) is 0.500. The molecule has 0 atom stereocenters. The molecule has 0 radical (unpaired) electrons. The molecular formula is C10H14F2N2O. The molecule has 0 aliphatic rings. The van der Waals surface area contributed by atoms with Crippen LogP contribution in [0, 0.1) is 0 Å². The Kier molecular flexibility index (Phi) is 4.80.